The number of carbonyl (C=O) groups is 3. The van der Waals surface area contributed by atoms with Gasteiger partial charge in [0.15, 0.2) is 31.8 Å². The number of unbranched alkanes of at least 4 members (excludes halogenated alkanes) is 28. The van der Waals surface area contributed by atoms with E-state index in [9.17, 15) is 60.4 Å². The molecule has 80 heavy (non-hydrogen) atoms. The number of hydroxylamine groups is 1. The summed E-state index contributed by atoms with van der Waals surface area (Å²) >= 11 is 0. The number of rotatable bonds is 48. The van der Waals surface area contributed by atoms with Crippen LogP contribution in [0.5, 0.6) is 0 Å². The number of nitrogens with one attached hydrogen (secondary N) is 3. The highest BCUT2D eigenvalue weighted by Gasteiger charge is 2.47. The van der Waals surface area contributed by atoms with Crippen LogP contribution in [-0.2, 0) is 30.3 Å². The zero-order chi connectivity index (χ0) is 58.8. The fourth-order valence-electron chi connectivity index (χ4n) is 9.57. The lowest BCUT2D eigenvalue weighted by molar-refractivity contribution is -0.547. The normalized spacial score (nSPS) is 19.2. The van der Waals surface area contributed by atoms with Crippen molar-refractivity contribution in [2.24, 2.45) is 0 Å². The maximum Gasteiger partial charge on any atom is 0.407 e. The number of aliphatic hydroxyl groups is 8. The molecule has 20 nitrogen and oxygen atoms in total. The largest absolute Gasteiger partial charge is 0.623 e. The third-order valence-corrected chi connectivity index (χ3v) is 15.0. The Morgan fingerprint density at radius 2 is 1.01 bits per heavy atom. The van der Waals surface area contributed by atoms with Gasteiger partial charge in [-0.05, 0) is 30.5 Å². The fourth-order valence-corrected chi connectivity index (χ4v) is 9.57. The number of hydrogen-bond acceptors (Lipinski definition) is 16. The third kappa shape index (κ3) is 31.1. The summed E-state index contributed by atoms with van der Waals surface area (Å²) in [4.78, 5) is 38.7. The molecule has 20 heteroatoms. The molecule has 1 heterocycles. The molecule has 0 radical (unpaired) electrons. The molecule has 464 valence electrons. The summed E-state index contributed by atoms with van der Waals surface area (Å²) in [6.07, 6.45) is 19.5. The van der Waals surface area contributed by atoms with Gasteiger partial charge in [-0.25, -0.2) is 9.59 Å². The van der Waals surface area contributed by atoms with Gasteiger partial charge in [0.1, 0.15) is 42.7 Å². The third-order valence-electron chi connectivity index (χ3n) is 15.0. The van der Waals surface area contributed by atoms with E-state index in [-0.39, 0.29) is 6.54 Å². The van der Waals surface area contributed by atoms with Crippen molar-refractivity contribution in [2.45, 2.75) is 281 Å². The van der Waals surface area contributed by atoms with Gasteiger partial charge in [-0.3, -0.25) is 4.79 Å². The smallest absolute Gasteiger partial charge is 0.407 e. The van der Waals surface area contributed by atoms with E-state index < -0.39 is 105 Å². The molecule has 0 bridgehead atoms. The number of aliphatic hydroxyl groups excluding tert-OH is 8. The maximum atomic E-state index is 13.9. The second-order valence-corrected chi connectivity index (χ2v) is 22.3. The predicted molar refractivity (Wildman–Crippen MR) is 308 cm³/mol. The van der Waals surface area contributed by atoms with Crippen LogP contribution in [-0.4, -0.2) is 170 Å². The zero-order valence-electron chi connectivity index (χ0n) is 49.0. The van der Waals surface area contributed by atoms with Gasteiger partial charge in [0.25, 0.3) is 5.91 Å². The van der Waals surface area contributed by atoms with Crippen molar-refractivity contribution in [1.82, 2.24) is 16.0 Å². The molecule has 0 spiro atoms. The molecule has 2 rings (SSSR count). The number of amides is 3. The molecule has 1 aromatic carbocycles. The van der Waals surface area contributed by atoms with Crippen LogP contribution in [0.25, 0.3) is 0 Å². The minimum atomic E-state index is -2.26. The zero-order valence-corrected chi connectivity index (χ0v) is 49.0. The van der Waals surface area contributed by atoms with E-state index in [1.165, 1.54) is 154 Å². The molecule has 0 aliphatic carbocycles. The van der Waals surface area contributed by atoms with Crippen LogP contribution in [0.3, 0.4) is 0 Å². The average Bonchev–Trinajstić information content (AvgIpc) is 3.46. The number of benzene rings is 1. The fraction of sp³-hybridized carbons (Fsp3) is 0.833. The molecule has 3 amide bonds. The van der Waals surface area contributed by atoms with E-state index in [2.05, 4.69) is 29.8 Å². The molecular formula is C60H108N4O16. The number of ether oxygens (including phenoxy) is 4. The quantitative estimate of drug-likeness (QED) is 0.00993. The predicted octanol–water partition coefficient (Wildman–Crippen LogP) is 7.45. The van der Waals surface area contributed by atoms with Gasteiger partial charge in [-0.15, -0.1) is 0 Å². The standard InChI is InChI=1S/C60H108N4O16/c1-4-6-8-10-12-14-16-18-20-22-24-26-28-30-32-38-61-58(74)77-44-60(3,45-78-59(75)62-39-33-31-29-27-25-23-21-19-17-15-13-11-9-7-5-2)64(76)41-47-36-34-46(35-37-47)40-63-56(73)53(71)52(70)55(48(67)42-65)80-57-54(72)51(69)50(68)49(43-66)79-57/h34-37,41,48-55,57,65-72H,4-33,38-40,42-45H2,1-3H3,(H,61,74)(H,62,75)(H,63,73)/b64-41-/t48?,49-,50+,51+,52+,53-,54-,55-,57+/m1/s1. The number of alkyl carbamates (subject to hydrolysis) is 2. The van der Waals surface area contributed by atoms with E-state index >= 15 is 0 Å². The maximum absolute atomic E-state index is 13.9. The monoisotopic (exact) mass is 1140 g/mol. The summed E-state index contributed by atoms with van der Waals surface area (Å²) in [6.45, 7) is 4.00. The SMILES string of the molecule is CCCCCCCCCCCCCCCCCNC(=O)OCC(C)(COC(=O)NCCCCCCCCCCCCCCCCC)/[N+]([O-])=C/c1ccc(CNC(=O)[C@H](O)[C@H](O)[C@H](O[C@@H]2O[C@H](CO)[C@H](O)[C@H](O)[C@H]2O)C(O)CO)cc1. The van der Waals surface area contributed by atoms with Crippen molar-refractivity contribution >= 4 is 24.3 Å². The first kappa shape index (κ1) is 72.4. The van der Waals surface area contributed by atoms with Gasteiger partial charge in [-0.1, -0.05) is 206 Å². The first-order valence-corrected chi connectivity index (χ1v) is 30.7. The number of hydrogen-bond donors (Lipinski definition) is 11. The van der Waals surface area contributed by atoms with Crippen molar-refractivity contribution in [3.63, 3.8) is 0 Å². The second-order valence-electron chi connectivity index (χ2n) is 22.3. The van der Waals surface area contributed by atoms with Crippen LogP contribution < -0.4 is 16.0 Å². The van der Waals surface area contributed by atoms with E-state index in [0.29, 0.717) is 29.0 Å². The topological polar surface area (TPSA) is 312 Å². The van der Waals surface area contributed by atoms with E-state index in [0.717, 1.165) is 51.4 Å². The first-order valence-electron chi connectivity index (χ1n) is 30.7. The second kappa shape index (κ2) is 44.8. The van der Waals surface area contributed by atoms with Crippen LogP contribution in [0.2, 0.25) is 0 Å². The molecule has 0 aromatic heterocycles. The Morgan fingerprint density at radius 1 is 0.613 bits per heavy atom. The Hall–Kier alpha value is -3.70. The summed E-state index contributed by atoms with van der Waals surface area (Å²) in [6, 6.07) is 6.28. The summed E-state index contributed by atoms with van der Waals surface area (Å²) in [5.74, 6) is -1.13. The highest BCUT2D eigenvalue weighted by Crippen LogP contribution is 2.26. The summed E-state index contributed by atoms with van der Waals surface area (Å²) in [5, 5.41) is 104. The van der Waals surface area contributed by atoms with Crippen molar-refractivity contribution < 1.29 is 78.9 Å². The van der Waals surface area contributed by atoms with Crippen LogP contribution in [0.4, 0.5) is 9.59 Å². The van der Waals surface area contributed by atoms with E-state index in [4.69, 9.17) is 18.9 Å². The first-order chi connectivity index (χ1) is 38.6. The van der Waals surface area contributed by atoms with Crippen molar-refractivity contribution in [1.29, 1.82) is 0 Å². The van der Waals surface area contributed by atoms with Gasteiger partial charge >= 0.3 is 12.2 Å². The Morgan fingerprint density at radius 3 is 1.40 bits per heavy atom. The average molecular weight is 1140 g/mol. The Kier molecular flexibility index (Phi) is 40.6. The number of carbonyl (C=O) groups excluding carboxylic acids is 3. The minimum Gasteiger partial charge on any atom is -0.623 e. The molecule has 1 fully saturated rings. The molecule has 9 atom stereocenters. The van der Waals surface area contributed by atoms with Crippen LogP contribution in [0.15, 0.2) is 24.3 Å². The Bertz CT molecular complexity index is 1710. The Balaban J connectivity index is 1.93. The lowest BCUT2D eigenvalue weighted by Crippen LogP contribution is -2.62. The molecule has 1 saturated heterocycles. The summed E-state index contributed by atoms with van der Waals surface area (Å²) < 4.78 is 22.3. The van der Waals surface area contributed by atoms with E-state index in [1.54, 1.807) is 24.3 Å². The van der Waals surface area contributed by atoms with Gasteiger partial charge in [0, 0.05) is 32.1 Å². The van der Waals surface area contributed by atoms with Crippen LogP contribution >= 0.6 is 0 Å². The van der Waals surface area contributed by atoms with Crippen LogP contribution in [0.1, 0.15) is 225 Å². The summed E-state index contributed by atoms with van der Waals surface area (Å²) in [7, 11) is 0. The van der Waals surface area contributed by atoms with Gasteiger partial charge in [-0.2, -0.15) is 4.74 Å². The van der Waals surface area contributed by atoms with Gasteiger partial charge in [0.2, 0.25) is 5.54 Å². The molecule has 1 aliphatic heterocycles. The highest BCUT2D eigenvalue weighted by atomic mass is 16.7. The van der Waals surface area contributed by atoms with Gasteiger partial charge in [0.05, 0.1) is 13.2 Å². The molecule has 1 aromatic rings. The highest BCUT2D eigenvalue weighted by molar-refractivity contribution is 5.81. The number of nitrogens with zero attached hydrogens (tertiary/aromatic N) is 1. The lowest BCUT2D eigenvalue weighted by atomic mass is 9.98. The summed E-state index contributed by atoms with van der Waals surface area (Å²) in [5.41, 5.74) is -0.654. The van der Waals surface area contributed by atoms with Crippen molar-refractivity contribution in [3.05, 3.63) is 40.6 Å². The van der Waals surface area contributed by atoms with Gasteiger partial charge < -0.3 is 81.0 Å². The molecule has 1 unspecified atom stereocenters. The molecule has 11 N–H and O–H groups in total. The lowest BCUT2D eigenvalue weighted by Gasteiger charge is -2.42. The molecular weight excluding hydrogens is 1030 g/mol. The Labute approximate surface area is 478 Å². The molecule has 1 aliphatic rings. The van der Waals surface area contributed by atoms with Crippen molar-refractivity contribution in [3.8, 4) is 0 Å². The minimum absolute atomic E-state index is 0.187. The van der Waals surface area contributed by atoms with E-state index in [1.807, 2.05) is 0 Å². The van der Waals surface area contributed by atoms with Crippen LogP contribution in [0, 0.1) is 5.21 Å². The molecule has 0 saturated carbocycles. The van der Waals surface area contributed by atoms with Crippen molar-refractivity contribution in [2.75, 3.05) is 39.5 Å².